The van der Waals surface area contributed by atoms with E-state index in [1.54, 1.807) is 38.1 Å². The Morgan fingerprint density at radius 1 is 1.19 bits per heavy atom. The molecule has 0 bridgehead atoms. The highest BCUT2D eigenvalue weighted by atomic mass is 32.2. The zero-order valence-electron chi connectivity index (χ0n) is 16.6. The van der Waals surface area contributed by atoms with Crippen LogP contribution in [0.4, 0.5) is 20.3 Å². The molecule has 0 radical (unpaired) electrons. The van der Waals surface area contributed by atoms with Gasteiger partial charge in [0, 0.05) is 23.9 Å². The molecule has 11 heteroatoms. The van der Waals surface area contributed by atoms with Crippen LogP contribution in [0.15, 0.2) is 47.4 Å². The lowest BCUT2D eigenvalue weighted by atomic mass is 10.0. The average Bonchev–Trinajstić information content (AvgIpc) is 3.20. The van der Waals surface area contributed by atoms with Crippen LogP contribution in [0.3, 0.4) is 0 Å². The minimum Gasteiger partial charge on any atom is -0.398 e. The van der Waals surface area contributed by atoms with Gasteiger partial charge in [0.25, 0.3) is 5.91 Å². The maximum Gasteiger partial charge on any atom is 0.258 e. The van der Waals surface area contributed by atoms with Crippen molar-refractivity contribution in [2.75, 3.05) is 11.1 Å². The van der Waals surface area contributed by atoms with Gasteiger partial charge >= 0.3 is 0 Å². The Balaban J connectivity index is 1.68. The summed E-state index contributed by atoms with van der Waals surface area (Å²) in [6.07, 6.45) is 0. The van der Waals surface area contributed by atoms with E-state index in [0.29, 0.717) is 17.3 Å². The van der Waals surface area contributed by atoms with Gasteiger partial charge in [0.2, 0.25) is 10.0 Å². The lowest BCUT2D eigenvalue weighted by Crippen LogP contribution is -2.40. The number of para-hydroxylation sites is 1. The molecule has 1 aliphatic heterocycles. The molecule has 2 aromatic carbocycles. The highest BCUT2D eigenvalue weighted by molar-refractivity contribution is 7.89. The van der Waals surface area contributed by atoms with E-state index in [0.717, 1.165) is 16.4 Å². The number of carbonyl (C=O) groups excluding carboxylic acids is 1. The third kappa shape index (κ3) is 3.45. The summed E-state index contributed by atoms with van der Waals surface area (Å²) in [5.41, 5.74) is 6.17. The van der Waals surface area contributed by atoms with E-state index in [-0.39, 0.29) is 23.6 Å². The number of aromatic nitrogens is 2. The summed E-state index contributed by atoms with van der Waals surface area (Å²) in [6.45, 7) is 3.11. The number of amides is 1. The summed E-state index contributed by atoms with van der Waals surface area (Å²) in [5.74, 6) is -2.34. The molecular formula is C20H19F2N5O3S. The fraction of sp³-hybridized carbons (Fsp3) is 0.200. The molecule has 31 heavy (non-hydrogen) atoms. The number of hydrogen-bond acceptors (Lipinski definition) is 5. The first-order chi connectivity index (χ1) is 14.5. The number of nitrogens with one attached hydrogen (secondary N) is 2. The van der Waals surface area contributed by atoms with Crippen LogP contribution in [-0.2, 0) is 22.1 Å². The number of aromatic amines is 1. The summed E-state index contributed by atoms with van der Waals surface area (Å²) in [5, 5.41) is 9.53. The minimum absolute atomic E-state index is 0.152. The zero-order chi connectivity index (χ0) is 22.6. The van der Waals surface area contributed by atoms with Crippen molar-refractivity contribution >= 4 is 27.4 Å². The molecule has 8 nitrogen and oxygen atoms in total. The topological polar surface area (TPSA) is 121 Å². The number of carbonyl (C=O) groups is 1. The van der Waals surface area contributed by atoms with Crippen LogP contribution in [-0.4, -0.2) is 28.8 Å². The predicted molar refractivity (Wildman–Crippen MR) is 110 cm³/mol. The Kier molecular flexibility index (Phi) is 4.82. The number of hydrogen-bond donors (Lipinski definition) is 3. The number of nitrogens with two attached hydrogens (primary N) is 1. The van der Waals surface area contributed by atoms with Crippen molar-refractivity contribution in [2.24, 2.45) is 0 Å². The van der Waals surface area contributed by atoms with Gasteiger partial charge in [-0.15, -0.1) is 0 Å². The van der Waals surface area contributed by atoms with Crippen molar-refractivity contribution in [1.82, 2.24) is 14.5 Å². The minimum atomic E-state index is -4.26. The normalized spacial score (nSPS) is 15.6. The van der Waals surface area contributed by atoms with Gasteiger partial charge in [-0.25, -0.2) is 17.2 Å². The van der Waals surface area contributed by atoms with Crippen molar-refractivity contribution in [2.45, 2.75) is 30.8 Å². The van der Waals surface area contributed by atoms with Crippen LogP contribution in [0.1, 0.15) is 35.5 Å². The van der Waals surface area contributed by atoms with Crippen molar-refractivity contribution in [3.63, 3.8) is 0 Å². The molecule has 1 amide bonds. The molecule has 3 aromatic rings. The first-order valence-electron chi connectivity index (χ1n) is 9.24. The van der Waals surface area contributed by atoms with Crippen molar-refractivity contribution in [3.8, 4) is 0 Å². The Labute approximate surface area is 177 Å². The van der Waals surface area contributed by atoms with Crippen LogP contribution in [0, 0.1) is 11.6 Å². The van der Waals surface area contributed by atoms with Crippen LogP contribution in [0.5, 0.6) is 0 Å². The van der Waals surface area contributed by atoms with E-state index in [2.05, 4.69) is 15.5 Å². The largest absolute Gasteiger partial charge is 0.398 e. The van der Waals surface area contributed by atoms with Gasteiger partial charge in [0.05, 0.1) is 21.7 Å². The van der Waals surface area contributed by atoms with Crippen molar-refractivity contribution in [3.05, 3.63) is 70.9 Å². The number of halogens is 2. The van der Waals surface area contributed by atoms with Crippen LogP contribution in [0.25, 0.3) is 0 Å². The monoisotopic (exact) mass is 447 g/mol. The molecule has 162 valence electrons. The van der Waals surface area contributed by atoms with Gasteiger partial charge < -0.3 is 11.1 Å². The molecule has 1 aromatic heterocycles. The van der Waals surface area contributed by atoms with E-state index in [4.69, 9.17) is 5.73 Å². The number of rotatable bonds is 4. The van der Waals surface area contributed by atoms with E-state index >= 15 is 0 Å². The quantitative estimate of drug-likeness (QED) is 0.531. The van der Waals surface area contributed by atoms with Crippen LogP contribution in [0.2, 0.25) is 0 Å². The van der Waals surface area contributed by atoms with Crippen LogP contribution < -0.4 is 11.1 Å². The molecule has 4 N–H and O–H groups in total. The first-order valence-corrected chi connectivity index (χ1v) is 10.7. The van der Waals surface area contributed by atoms with E-state index in [9.17, 15) is 22.0 Å². The third-order valence-corrected chi connectivity index (χ3v) is 7.26. The molecule has 0 spiro atoms. The van der Waals surface area contributed by atoms with Gasteiger partial charge in [0.1, 0.15) is 11.6 Å². The lowest BCUT2D eigenvalue weighted by molar-refractivity contribution is 0.102. The number of H-pyrrole nitrogens is 1. The number of nitrogen functional groups attached to an aromatic ring is 1. The Bertz CT molecular complexity index is 1280. The second-order valence-electron chi connectivity index (χ2n) is 7.64. The first kappa shape index (κ1) is 20.9. The van der Waals surface area contributed by atoms with E-state index in [1.807, 2.05) is 0 Å². The molecule has 0 fully saturated rings. The summed E-state index contributed by atoms with van der Waals surface area (Å²) in [7, 11) is -4.26. The summed E-state index contributed by atoms with van der Waals surface area (Å²) >= 11 is 0. The standard InChI is InChI=1S/C20H19F2N5O3S/c1-20(2)17-15(10-27(20)31(29,30)13-8-11(21)7-12(22)9-13)18(26-25-17)24-19(28)14-5-3-4-6-16(14)23/h3-9H,10,23H2,1-2H3,(H2,24,25,26,28). The molecule has 0 aliphatic carbocycles. The maximum absolute atomic E-state index is 13.6. The summed E-state index contributed by atoms with van der Waals surface area (Å²) in [6, 6.07) is 8.62. The zero-order valence-corrected chi connectivity index (χ0v) is 17.4. The molecule has 0 atom stereocenters. The summed E-state index contributed by atoms with van der Waals surface area (Å²) in [4.78, 5) is 12.1. The highest BCUT2D eigenvalue weighted by Crippen LogP contribution is 2.43. The molecule has 0 unspecified atom stereocenters. The number of benzene rings is 2. The molecule has 1 aliphatic rings. The van der Waals surface area contributed by atoms with Crippen molar-refractivity contribution < 1.29 is 22.0 Å². The molecular weight excluding hydrogens is 428 g/mol. The van der Waals surface area contributed by atoms with Gasteiger partial charge in [-0.2, -0.15) is 9.40 Å². The molecule has 0 saturated heterocycles. The molecule has 4 rings (SSSR count). The number of nitrogens with zero attached hydrogens (tertiary/aromatic N) is 2. The van der Waals surface area contributed by atoms with Gasteiger partial charge in [-0.05, 0) is 38.1 Å². The lowest BCUT2D eigenvalue weighted by Gasteiger charge is -2.30. The van der Waals surface area contributed by atoms with Crippen molar-refractivity contribution in [1.29, 1.82) is 0 Å². The molecule has 0 saturated carbocycles. The second kappa shape index (κ2) is 7.13. The Morgan fingerprint density at radius 3 is 2.48 bits per heavy atom. The SMILES string of the molecule is CC1(C)c2[nH]nc(NC(=O)c3ccccc3N)c2CN1S(=O)(=O)c1cc(F)cc(F)c1. The number of sulfonamides is 1. The smallest absolute Gasteiger partial charge is 0.258 e. The summed E-state index contributed by atoms with van der Waals surface area (Å²) < 4.78 is 54.7. The second-order valence-corrected chi connectivity index (χ2v) is 9.51. The number of fused-ring (bicyclic) bond motifs is 1. The Hall–Kier alpha value is -3.31. The van der Waals surface area contributed by atoms with E-state index < -0.39 is 38.0 Å². The van der Waals surface area contributed by atoms with E-state index in [1.165, 1.54) is 0 Å². The number of anilines is 2. The highest BCUT2D eigenvalue weighted by Gasteiger charge is 2.48. The van der Waals surface area contributed by atoms with Gasteiger partial charge in [-0.3, -0.25) is 9.89 Å². The predicted octanol–water partition coefficient (Wildman–Crippen LogP) is 2.96. The Morgan fingerprint density at radius 2 is 1.84 bits per heavy atom. The average molecular weight is 447 g/mol. The maximum atomic E-state index is 13.6. The molecule has 2 heterocycles. The van der Waals surface area contributed by atoms with Crippen LogP contribution >= 0.6 is 0 Å². The fourth-order valence-electron chi connectivity index (χ4n) is 3.66. The fourth-order valence-corrected chi connectivity index (χ4v) is 5.43. The van der Waals surface area contributed by atoms with Gasteiger partial charge in [-0.1, -0.05) is 12.1 Å². The van der Waals surface area contributed by atoms with Gasteiger partial charge in [0.15, 0.2) is 5.82 Å². The third-order valence-electron chi connectivity index (χ3n) is 5.27.